The molecule has 0 unspecified atom stereocenters. The van der Waals surface area contributed by atoms with Gasteiger partial charge in [-0.25, -0.2) is 0 Å². The molecule has 3 heterocycles. The molecule has 0 radical (unpaired) electrons. The Bertz CT molecular complexity index is 1390. The topological polar surface area (TPSA) is 128 Å². The predicted molar refractivity (Wildman–Crippen MR) is 133 cm³/mol. The molecule has 35 heavy (non-hydrogen) atoms. The summed E-state index contributed by atoms with van der Waals surface area (Å²) in [4.78, 5) is 26.6. The molecular formula is C24H24N6O4S. The number of anilines is 1. The number of thioether (sulfide) groups is 1. The number of aryl methyl sites for hydroxylation is 1. The van der Waals surface area contributed by atoms with Crippen LogP contribution in [0.3, 0.4) is 0 Å². The Morgan fingerprint density at radius 2 is 2.17 bits per heavy atom. The van der Waals surface area contributed by atoms with Crippen LogP contribution in [0.4, 0.5) is 11.4 Å². The van der Waals surface area contributed by atoms with Crippen LogP contribution in [0.5, 0.6) is 0 Å². The van der Waals surface area contributed by atoms with E-state index in [1.807, 2.05) is 35.0 Å². The van der Waals surface area contributed by atoms with Gasteiger partial charge in [0.2, 0.25) is 5.91 Å². The molecule has 1 aliphatic rings. The Labute approximate surface area is 205 Å². The van der Waals surface area contributed by atoms with Gasteiger partial charge in [0, 0.05) is 46.6 Å². The van der Waals surface area contributed by atoms with Crippen molar-refractivity contribution in [3.05, 3.63) is 64.3 Å². The molecule has 2 aromatic heterocycles. The second kappa shape index (κ2) is 9.88. The molecule has 0 bridgehead atoms. The molecule has 1 saturated heterocycles. The number of benzene rings is 2. The zero-order chi connectivity index (χ0) is 24.4. The van der Waals surface area contributed by atoms with Crippen molar-refractivity contribution in [2.75, 3.05) is 17.7 Å². The van der Waals surface area contributed by atoms with Gasteiger partial charge in [-0.15, -0.1) is 10.2 Å². The molecule has 11 heteroatoms. The van der Waals surface area contributed by atoms with Crippen molar-refractivity contribution < 1.29 is 14.5 Å². The molecule has 2 N–H and O–H groups in total. The Morgan fingerprint density at radius 3 is 2.97 bits per heavy atom. The molecule has 0 saturated carbocycles. The molecule has 1 amide bonds. The van der Waals surface area contributed by atoms with Gasteiger partial charge in [-0.3, -0.25) is 19.5 Å². The number of para-hydroxylation sites is 1. The highest BCUT2D eigenvalue weighted by Gasteiger charge is 2.23. The minimum Gasteiger partial charge on any atom is -0.376 e. The van der Waals surface area contributed by atoms with Gasteiger partial charge in [0.15, 0.2) is 11.0 Å². The van der Waals surface area contributed by atoms with E-state index < -0.39 is 4.92 Å². The largest absolute Gasteiger partial charge is 0.376 e. The standard InChI is InChI=1S/C24H24N6O4S/c1-15-8-9-16(11-21(15)30(32)33)26-22(31)14-35-24-28-27-23(29(24)13-17-5-4-10-34-17)19-12-25-20-7-3-2-6-18(19)20/h2-3,6-9,11-12,17,25H,4-5,10,13-14H2,1H3,(H,26,31)/t17-/m1/s1. The fourth-order valence-corrected chi connectivity index (χ4v) is 4.97. The molecule has 1 atom stereocenters. The van der Waals surface area contributed by atoms with Crippen molar-refractivity contribution in [3.8, 4) is 11.4 Å². The van der Waals surface area contributed by atoms with E-state index in [0.29, 0.717) is 23.0 Å². The fraction of sp³-hybridized carbons (Fsp3) is 0.292. The highest BCUT2D eigenvalue weighted by atomic mass is 32.2. The number of nitro benzene ring substituents is 1. The minimum atomic E-state index is -0.459. The third-order valence-electron chi connectivity index (χ3n) is 5.98. The highest BCUT2D eigenvalue weighted by Crippen LogP contribution is 2.31. The van der Waals surface area contributed by atoms with Crippen LogP contribution in [-0.2, 0) is 16.1 Å². The van der Waals surface area contributed by atoms with E-state index in [-0.39, 0.29) is 23.5 Å². The van der Waals surface area contributed by atoms with Crippen LogP contribution in [0.1, 0.15) is 18.4 Å². The maximum Gasteiger partial charge on any atom is 0.274 e. The first-order valence-corrected chi connectivity index (χ1v) is 12.3. The van der Waals surface area contributed by atoms with Crippen LogP contribution in [0.15, 0.2) is 53.8 Å². The summed E-state index contributed by atoms with van der Waals surface area (Å²) < 4.78 is 7.87. The summed E-state index contributed by atoms with van der Waals surface area (Å²) in [5, 5.41) is 24.4. The van der Waals surface area contributed by atoms with Crippen molar-refractivity contribution in [1.29, 1.82) is 0 Å². The first-order valence-electron chi connectivity index (χ1n) is 11.3. The first-order chi connectivity index (χ1) is 17.0. The van der Waals surface area contributed by atoms with Crippen LogP contribution in [0, 0.1) is 17.0 Å². The van der Waals surface area contributed by atoms with Gasteiger partial charge in [-0.1, -0.05) is 36.0 Å². The maximum atomic E-state index is 12.6. The van der Waals surface area contributed by atoms with E-state index in [4.69, 9.17) is 4.74 Å². The van der Waals surface area contributed by atoms with Crippen molar-refractivity contribution in [3.63, 3.8) is 0 Å². The zero-order valence-corrected chi connectivity index (χ0v) is 19.9. The number of aromatic nitrogens is 4. The van der Waals surface area contributed by atoms with E-state index in [0.717, 1.165) is 41.7 Å². The molecule has 1 fully saturated rings. The van der Waals surface area contributed by atoms with Crippen LogP contribution in [0.25, 0.3) is 22.3 Å². The van der Waals surface area contributed by atoms with E-state index in [9.17, 15) is 14.9 Å². The molecule has 1 aliphatic heterocycles. The second-order valence-electron chi connectivity index (χ2n) is 8.39. The first kappa shape index (κ1) is 23.1. The lowest BCUT2D eigenvalue weighted by molar-refractivity contribution is -0.385. The van der Waals surface area contributed by atoms with Gasteiger partial charge in [0.05, 0.1) is 23.3 Å². The molecule has 180 valence electrons. The van der Waals surface area contributed by atoms with Gasteiger partial charge in [-0.2, -0.15) is 0 Å². The lowest BCUT2D eigenvalue weighted by Crippen LogP contribution is -2.18. The predicted octanol–water partition coefficient (Wildman–Crippen LogP) is 4.55. The number of aromatic amines is 1. The van der Waals surface area contributed by atoms with Gasteiger partial charge in [0.1, 0.15) is 0 Å². The summed E-state index contributed by atoms with van der Waals surface area (Å²) in [7, 11) is 0. The summed E-state index contributed by atoms with van der Waals surface area (Å²) in [6.45, 7) is 2.99. The molecule has 4 aromatic rings. The third kappa shape index (κ3) is 4.91. The Hall–Kier alpha value is -3.70. The minimum absolute atomic E-state index is 0.0323. The molecule has 10 nitrogen and oxygen atoms in total. The Kier molecular flexibility index (Phi) is 6.51. The number of H-pyrrole nitrogens is 1. The van der Waals surface area contributed by atoms with E-state index in [1.54, 1.807) is 19.1 Å². The summed E-state index contributed by atoms with van der Waals surface area (Å²) in [6.07, 6.45) is 3.97. The number of rotatable bonds is 8. The number of nitrogens with one attached hydrogen (secondary N) is 2. The van der Waals surface area contributed by atoms with Crippen LogP contribution in [0.2, 0.25) is 0 Å². The molecule has 0 aliphatic carbocycles. The number of nitrogens with zero attached hydrogens (tertiary/aromatic N) is 4. The van der Waals surface area contributed by atoms with Gasteiger partial charge in [-0.05, 0) is 31.9 Å². The number of carbonyl (C=O) groups excluding carboxylic acids is 1. The van der Waals surface area contributed by atoms with Crippen molar-refractivity contribution in [2.45, 2.75) is 37.6 Å². The van der Waals surface area contributed by atoms with Gasteiger partial charge >= 0.3 is 0 Å². The Morgan fingerprint density at radius 1 is 1.31 bits per heavy atom. The highest BCUT2D eigenvalue weighted by molar-refractivity contribution is 7.99. The second-order valence-corrected chi connectivity index (χ2v) is 9.34. The average Bonchev–Trinajstić information content (AvgIpc) is 3.59. The van der Waals surface area contributed by atoms with E-state index in [2.05, 4.69) is 20.5 Å². The zero-order valence-electron chi connectivity index (χ0n) is 19.1. The molecule has 2 aromatic carbocycles. The summed E-state index contributed by atoms with van der Waals surface area (Å²) in [5.74, 6) is 0.516. The molecule has 5 rings (SSSR count). The number of fused-ring (bicyclic) bond motifs is 1. The van der Waals surface area contributed by atoms with Crippen molar-refractivity contribution >= 4 is 39.9 Å². The van der Waals surface area contributed by atoms with Gasteiger partial charge in [0.25, 0.3) is 5.69 Å². The normalized spacial score (nSPS) is 15.5. The number of carbonyl (C=O) groups is 1. The molecule has 0 spiro atoms. The summed E-state index contributed by atoms with van der Waals surface area (Å²) in [5.41, 5.74) is 2.84. The third-order valence-corrected chi connectivity index (χ3v) is 6.95. The number of nitro groups is 1. The lowest BCUT2D eigenvalue weighted by Gasteiger charge is -2.14. The Balaban J connectivity index is 1.36. The average molecular weight is 493 g/mol. The van der Waals surface area contributed by atoms with Crippen LogP contribution in [-0.4, -0.2) is 49.0 Å². The van der Waals surface area contributed by atoms with Crippen LogP contribution < -0.4 is 5.32 Å². The number of hydrogen-bond donors (Lipinski definition) is 2. The smallest absolute Gasteiger partial charge is 0.274 e. The van der Waals surface area contributed by atoms with Gasteiger partial charge < -0.3 is 15.0 Å². The van der Waals surface area contributed by atoms with Crippen LogP contribution >= 0.6 is 11.8 Å². The number of amides is 1. The number of ether oxygens (including phenoxy) is 1. The lowest BCUT2D eigenvalue weighted by atomic mass is 10.1. The molecular weight excluding hydrogens is 468 g/mol. The van der Waals surface area contributed by atoms with Crippen molar-refractivity contribution in [2.24, 2.45) is 0 Å². The van der Waals surface area contributed by atoms with E-state index >= 15 is 0 Å². The quantitative estimate of drug-likeness (QED) is 0.210. The SMILES string of the molecule is Cc1ccc(NC(=O)CSc2nnc(-c3c[nH]c4ccccc34)n2C[C@H]2CCCO2)cc1[N+](=O)[O-]. The summed E-state index contributed by atoms with van der Waals surface area (Å²) >= 11 is 1.27. The summed E-state index contributed by atoms with van der Waals surface area (Å²) in [6, 6.07) is 12.6. The number of hydrogen-bond acceptors (Lipinski definition) is 7. The fourth-order valence-electron chi connectivity index (χ4n) is 4.22. The van der Waals surface area contributed by atoms with Crippen molar-refractivity contribution in [1.82, 2.24) is 19.7 Å². The van der Waals surface area contributed by atoms with E-state index in [1.165, 1.54) is 17.8 Å². The monoisotopic (exact) mass is 492 g/mol. The maximum absolute atomic E-state index is 12.6.